The minimum atomic E-state index is -0.579. The smallest absolute Gasteiger partial charge is 0.282 e. The van der Waals surface area contributed by atoms with Crippen LogP contribution < -0.4 is 15.0 Å². The zero-order valence-electron chi connectivity index (χ0n) is 18.5. The Morgan fingerprint density at radius 3 is 2.71 bits per heavy atom. The van der Waals surface area contributed by atoms with Crippen molar-refractivity contribution in [3.05, 3.63) is 57.1 Å². The van der Waals surface area contributed by atoms with E-state index in [1.807, 2.05) is 25.1 Å². The molecule has 1 aliphatic rings. The van der Waals surface area contributed by atoms with Crippen molar-refractivity contribution in [1.82, 2.24) is 15.2 Å². The number of aromatic nitrogens is 1. The number of ether oxygens (including phenoxy) is 1. The summed E-state index contributed by atoms with van der Waals surface area (Å²) in [6.07, 6.45) is 0. The number of benzene rings is 2. The van der Waals surface area contributed by atoms with E-state index in [0.717, 1.165) is 47.3 Å². The fourth-order valence-corrected chi connectivity index (χ4v) is 4.94. The number of carbonyl (C=O) groups is 1. The summed E-state index contributed by atoms with van der Waals surface area (Å²) in [5, 5.41) is 15.2. The third kappa shape index (κ3) is 6.06. The van der Waals surface area contributed by atoms with Gasteiger partial charge in [0.05, 0.1) is 21.7 Å². The van der Waals surface area contributed by atoms with Crippen LogP contribution in [0.25, 0.3) is 10.2 Å². The van der Waals surface area contributed by atoms with Crippen molar-refractivity contribution in [3.8, 4) is 5.75 Å². The molecule has 0 radical (unpaired) electrons. The number of fused-ring (bicyclic) bond motifs is 1. The fourth-order valence-electron chi connectivity index (χ4n) is 3.72. The predicted molar refractivity (Wildman–Crippen MR) is 137 cm³/mol. The molecule has 34 heavy (non-hydrogen) atoms. The van der Waals surface area contributed by atoms with Crippen molar-refractivity contribution in [2.75, 3.05) is 50.8 Å². The molecule has 0 saturated carbocycles. The molecular weight excluding hydrogens is 501 g/mol. The lowest BCUT2D eigenvalue weighted by Gasteiger charge is -2.34. The first-order valence-corrected chi connectivity index (χ1v) is 11.9. The van der Waals surface area contributed by atoms with Crippen LogP contribution in [0.15, 0.2) is 36.4 Å². The molecule has 1 N–H and O–H groups in total. The molecular formula is C22H25Cl2N5O4S. The number of nitro benzene ring substituents is 1. The lowest BCUT2D eigenvalue weighted by atomic mass is 10.1. The summed E-state index contributed by atoms with van der Waals surface area (Å²) in [6, 6.07) is 9.94. The quantitative estimate of drug-likeness (QED) is 0.346. The van der Waals surface area contributed by atoms with Crippen molar-refractivity contribution in [2.24, 2.45) is 0 Å². The highest BCUT2D eigenvalue weighted by atomic mass is 35.5. The van der Waals surface area contributed by atoms with E-state index < -0.39 is 10.8 Å². The molecule has 182 valence electrons. The largest absolute Gasteiger partial charge is 0.494 e. The minimum absolute atomic E-state index is 0. The molecule has 2 heterocycles. The number of nitrogens with one attached hydrogen (secondary N) is 1. The number of carbonyl (C=O) groups excluding carboxylic acids is 1. The van der Waals surface area contributed by atoms with Gasteiger partial charge in [-0.1, -0.05) is 22.9 Å². The van der Waals surface area contributed by atoms with Crippen LogP contribution in [0.5, 0.6) is 5.75 Å². The third-order valence-electron chi connectivity index (χ3n) is 5.42. The van der Waals surface area contributed by atoms with E-state index in [9.17, 15) is 14.9 Å². The Morgan fingerprint density at radius 2 is 2.00 bits per heavy atom. The molecule has 1 saturated heterocycles. The van der Waals surface area contributed by atoms with Gasteiger partial charge in [-0.05, 0) is 37.3 Å². The summed E-state index contributed by atoms with van der Waals surface area (Å²) in [5.74, 6) is 0.360. The summed E-state index contributed by atoms with van der Waals surface area (Å²) in [5.41, 5.74) is 0.689. The molecule has 2 aromatic carbocycles. The maximum absolute atomic E-state index is 12.4. The Hall–Kier alpha value is -2.66. The van der Waals surface area contributed by atoms with Crippen molar-refractivity contribution in [3.63, 3.8) is 0 Å². The second kappa shape index (κ2) is 11.7. The molecule has 3 aromatic rings. The SMILES string of the molecule is CCOc1ccc2nc(N3CCN(CCNC(=O)c4cc(Cl)ccc4[N+](=O)[O-])CC3)sc2c1.Cl. The number of anilines is 1. The fraction of sp³-hybridized carbons (Fsp3) is 0.364. The van der Waals surface area contributed by atoms with Crippen LogP contribution in [-0.2, 0) is 0 Å². The molecule has 0 spiro atoms. The molecule has 0 atom stereocenters. The third-order valence-corrected chi connectivity index (χ3v) is 6.73. The van der Waals surface area contributed by atoms with E-state index >= 15 is 0 Å². The van der Waals surface area contributed by atoms with Gasteiger partial charge in [0.25, 0.3) is 11.6 Å². The Balaban J connectivity index is 0.00000324. The van der Waals surface area contributed by atoms with Crippen LogP contribution in [0.3, 0.4) is 0 Å². The summed E-state index contributed by atoms with van der Waals surface area (Å²) in [7, 11) is 0. The van der Waals surface area contributed by atoms with Gasteiger partial charge in [-0.3, -0.25) is 19.8 Å². The number of thiazole rings is 1. The van der Waals surface area contributed by atoms with E-state index in [0.29, 0.717) is 19.7 Å². The molecule has 4 rings (SSSR count). The van der Waals surface area contributed by atoms with E-state index in [2.05, 4.69) is 15.1 Å². The molecule has 0 unspecified atom stereocenters. The summed E-state index contributed by atoms with van der Waals surface area (Å²) < 4.78 is 6.69. The lowest BCUT2D eigenvalue weighted by Crippen LogP contribution is -2.48. The average molecular weight is 526 g/mol. The number of piperazine rings is 1. The zero-order chi connectivity index (χ0) is 23.4. The topological polar surface area (TPSA) is 101 Å². The van der Waals surface area contributed by atoms with Gasteiger partial charge in [0.2, 0.25) is 0 Å². The Bertz CT molecular complexity index is 1170. The minimum Gasteiger partial charge on any atom is -0.494 e. The molecule has 1 fully saturated rings. The maximum atomic E-state index is 12.4. The standard InChI is InChI=1S/C22H24ClN5O4S.ClH/c1-2-32-16-4-5-18-20(14-16)33-22(25-18)27-11-9-26(10-12-27)8-7-24-21(29)17-13-15(23)3-6-19(17)28(30)31;/h3-6,13-14H,2,7-12H2,1H3,(H,24,29);1H. The van der Waals surface area contributed by atoms with Gasteiger partial charge in [0.15, 0.2) is 5.13 Å². The highest BCUT2D eigenvalue weighted by Gasteiger charge is 2.22. The lowest BCUT2D eigenvalue weighted by molar-refractivity contribution is -0.385. The van der Waals surface area contributed by atoms with Crippen molar-refractivity contribution in [1.29, 1.82) is 0 Å². The molecule has 1 aliphatic heterocycles. The summed E-state index contributed by atoms with van der Waals surface area (Å²) in [6.45, 7) is 7.01. The summed E-state index contributed by atoms with van der Waals surface area (Å²) >= 11 is 7.57. The molecule has 1 aromatic heterocycles. The van der Waals surface area contributed by atoms with E-state index in [1.165, 1.54) is 18.2 Å². The summed E-state index contributed by atoms with van der Waals surface area (Å²) in [4.78, 5) is 32.3. The Kier molecular flexibility index (Phi) is 8.90. The highest BCUT2D eigenvalue weighted by molar-refractivity contribution is 7.22. The van der Waals surface area contributed by atoms with Crippen LogP contribution in [-0.4, -0.2) is 66.6 Å². The molecule has 9 nitrogen and oxygen atoms in total. The van der Waals surface area contributed by atoms with Gasteiger partial charge in [-0.25, -0.2) is 4.98 Å². The van der Waals surface area contributed by atoms with Gasteiger partial charge in [0, 0.05) is 50.4 Å². The molecule has 0 aliphatic carbocycles. The van der Waals surface area contributed by atoms with E-state index in [4.69, 9.17) is 21.3 Å². The van der Waals surface area contributed by atoms with Crippen molar-refractivity contribution < 1.29 is 14.5 Å². The number of nitrogens with zero attached hydrogens (tertiary/aromatic N) is 4. The number of hydrogen-bond donors (Lipinski definition) is 1. The highest BCUT2D eigenvalue weighted by Crippen LogP contribution is 2.32. The molecule has 1 amide bonds. The first-order chi connectivity index (χ1) is 15.9. The predicted octanol–water partition coefficient (Wildman–Crippen LogP) is 4.23. The van der Waals surface area contributed by atoms with E-state index in [1.54, 1.807) is 11.3 Å². The average Bonchev–Trinajstić information content (AvgIpc) is 3.23. The number of nitro groups is 1. The van der Waals surface area contributed by atoms with Gasteiger partial charge in [-0.15, -0.1) is 12.4 Å². The van der Waals surface area contributed by atoms with E-state index in [-0.39, 0.29) is 28.7 Å². The van der Waals surface area contributed by atoms with Crippen LogP contribution in [0, 0.1) is 10.1 Å². The van der Waals surface area contributed by atoms with Crippen molar-refractivity contribution in [2.45, 2.75) is 6.92 Å². The van der Waals surface area contributed by atoms with Crippen molar-refractivity contribution >= 4 is 62.3 Å². The first-order valence-electron chi connectivity index (χ1n) is 10.7. The van der Waals surface area contributed by atoms with Crippen LogP contribution in [0.4, 0.5) is 10.8 Å². The van der Waals surface area contributed by atoms with Crippen LogP contribution in [0.1, 0.15) is 17.3 Å². The number of halogens is 2. The van der Waals surface area contributed by atoms with Crippen LogP contribution in [0.2, 0.25) is 5.02 Å². The first kappa shape index (κ1) is 26.0. The monoisotopic (exact) mass is 525 g/mol. The number of rotatable bonds is 8. The number of amides is 1. The Morgan fingerprint density at radius 1 is 1.24 bits per heavy atom. The van der Waals surface area contributed by atoms with Crippen LogP contribution >= 0.6 is 35.3 Å². The van der Waals surface area contributed by atoms with Gasteiger partial charge in [0.1, 0.15) is 11.3 Å². The second-order valence-corrected chi connectivity index (χ2v) is 9.01. The molecule has 12 heteroatoms. The number of hydrogen-bond acceptors (Lipinski definition) is 8. The van der Waals surface area contributed by atoms with Gasteiger partial charge >= 0.3 is 0 Å². The van der Waals surface area contributed by atoms with Gasteiger partial charge in [-0.2, -0.15) is 0 Å². The normalized spacial score (nSPS) is 14.0. The second-order valence-electron chi connectivity index (χ2n) is 7.56. The Labute approximate surface area is 212 Å². The molecule has 0 bridgehead atoms. The maximum Gasteiger partial charge on any atom is 0.282 e. The zero-order valence-corrected chi connectivity index (χ0v) is 20.9. The van der Waals surface area contributed by atoms with Gasteiger partial charge < -0.3 is 15.0 Å².